The molecule has 0 saturated carbocycles. The third-order valence-electron chi connectivity index (χ3n) is 3.92. The summed E-state index contributed by atoms with van der Waals surface area (Å²) in [4.78, 5) is 12.2. The Morgan fingerprint density at radius 3 is 2.67 bits per heavy atom. The van der Waals surface area contributed by atoms with Crippen molar-refractivity contribution in [3.05, 3.63) is 59.8 Å². The lowest BCUT2D eigenvalue weighted by Crippen LogP contribution is -2.17. The monoisotopic (exact) mass is 372 g/mol. The SMILES string of the molecule is O=C(Cc1cc(-c2ccc(F)cc2F)on1)Nc1ccc2c(c1)OCCO2. The van der Waals surface area contributed by atoms with Crippen LogP contribution in [-0.4, -0.2) is 24.3 Å². The molecule has 8 heteroatoms. The fourth-order valence-electron chi connectivity index (χ4n) is 2.70. The van der Waals surface area contributed by atoms with Gasteiger partial charge in [-0.1, -0.05) is 5.16 Å². The molecule has 2 heterocycles. The number of hydrogen-bond acceptors (Lipinski definition) is 5. The van der Waals surface area contributed by atoms with Crippen LogP contribution in [0, 0.1) is 11.6 Å². The number of anilines is 1. The van der Waals surface area contributed by atoms with Gasteiger partial charge in [0.1, 0.15) is 24.8 Å². The van der Waals surface area contributed by atoms with E-state index in [1.165, 1.54) is 12.1 Å². The van der Waals surface area contributed by atoms with E-state index in [-0.39, 0.29) is 23.7 Å². The summed E-state index contributed by atoms with van der Waals surface area (Å²) in [6.45, 7) is 0.938. The minimum Gasteiger partial charge on any atom is -0.486 e. The summed E-state index contributed by atoms with van der Waals surface area (Å²) >= 11 is 0. The molecule has 3 aromatic rings. The number of carbonyl (C=O) groups excluding carboxylic acids is 1. The van der Waals surface area contributed by atoms with Crippen LogP contribution >= 0.6 is 0 Å². The number of carbonyl (C=O) groups is 1. The fraction of sp³-hybridized carbons (Fsp3) is 0.158. The van der Waals surface area contributed by atoms with Crippen LogP contribution in [0.15, 0.2) is 47.0 Å². The van der Waals surface area contributed by atoms with Gasteiger partial charge in [-0.15, -0.1) is 0 Å². The molecule has 0 saturated heterocycles. The molecule has 1 aliphatic heterocycles. The molecule has 0 bridgehead atoms. The molecule has 1 aromatic heterocycles. The van der Waals surface area contributed by atoms with E-state index >= 15 is 0 Å². The summed E-state index contributed by atoms with van der Waals surface area (Å²) in [6, 6.07) is 9.67. The van der Waals surface area contributed by atoms with Gasteiger partial charge in [0.25, 0.3) is 0 Å². The third-order valence-corrected chi connectivity index (χ3v) is 3.92. The molecular weight excluding hydrogens is 358 g/mol. The highest BCUT2D eigenvalue weighted by molar-refractivity contribution is 5.92. The van der Waals surface area contributed by atoms with Crippen LogP contribution in [0.3, 0.4) is 0 Å². The van der Waals surface area contributed by atoms with Gasteiger partial charge in [0, 0.05) is 23.9 Å². The number of rotatable bonds is 4. The summed E-state index contributed by atoms with van der Waals surface area (Å²) in [5.41, 5.74) is 0.948. The Kier molecular flexibility index (Phi) is 4.45. The zero-order chi connectivity index (χ0) is 18.8. The molecule has 1 amide bonds. The van der Waals surface area contributed by atoms with Crippen LogP contribution in [0.2, 0.25) is 0 Å². The van der Waals surface area contributed by atoms with Gasteiger partial charge in [-0.3, -0.25) is 4.79 Å². The third kappa shape index (κ3) is 3.74. The van der Waals surface area contributed by atoms with Gasteiger partial charge in [-0.25, -0.2) is 8.78 Å². The van der Waals surface area contributed by atoms with Crippen molar-refractivity contribution in [1.29, 1.82) is 0 Å². The van der Waals surface area contributed by atoms with Crippen molar-refractivity contribution in [3.63, 3.8) is 0 Å². The van der Waals surface area contributed by atoms with Crippen LogP contribution < -0.4 is 14.8 Å². The molecule has 0 radical (unpaired) electrons. The van der Waals surface area contributed by atoms with Crippen molar-refractivity contribution in [3.8, 4) is 22.8 Å². The lowest BCUT2D eigenvalue weighted by molar-refractivity contribution is -0.115. The molecule has 1 aliphatic rings. The van der Waals surface area contributed by atoms with Gasteiger partial charge < -0.3 is 19.3 Å². The van der Waals surface area contributed by atoms with E-state index in [1.54, 1.807) is 18.2 Å². The molecule has 0 fully saturated rings. The first-order valence-corrected chi connectivity index (χ1v) is 8.19. The molecule has 6 nitrogen and oxygen atoms in total. The van der Waals surface area contributed by atoms with Crippen LogP contribution in [0.25, 0.3) is 11.3 Å². The van der Waals surface area contributed by atoms with Gasteiger partial charge in [0.05, 0.1) is 17.7 Å². The maximum absolute atomic E-state index is 13.8. The average Bonchev–Trinajstić information content (AvgIpc) is 3.09. The molecule has 1 N–H and O–H groups in total. The van der Waals surface area contributed by atoms with E-state index in [2.05, 4.69) is 10.5 Å². The van der Waals surface area contributed by atoms with E-state index in [4.69, 9.17) is 14.0 Å². The molecule has 0 atom stereocenters. The van der Waals surface area contributed by atoms with Crippen molar-refractivity contribution in [2.45, 2.75) is 6.42 Å². The molecule has 0 unspecified atom stereocenters. The van der Waals surface area contributed by atoms with Gasteiger partial charge in [0.15, 0.2) is 17.3 Å². The number of halogens is 2. The predicted octanol–water partition coefficient (Wildman–Crippen LogP) is 3.57. The average molecular weight is 372 g/mol. The molecule has 4 rings (SSSR count). The topological polar surface area (TPSA) is 73.6 Å². The van der Waals surface area contributed by atoms with E-state index in [0.717, 1.165) is 12.1 Å². The second-order valence-corrected chi connectivity index (χ2v) is 5.89. The predicted molar refractivity (Wildman–Crippen MR) is 91.6 cm³/mol. The zero-order valence-corrected chi connectivity index (χ0v) is 14.0. The maximum Gasteiger partial charge on any atom is 0.230 e. The first-order chi connectivity index (χ1) is 13.1. The number of nitrogens with zero attached hydrogens (tertiary/aromatic N) is 1. The molecular formula is C19H14F2N2O4. The highest BCUT2D eigenvalue weighted by Crippen LogP contribution is 2.32. The number of benzene rings is 2. The van der Waals surface area contributed by atoms with Crippen molar-refractivity contribution >= 4 is 11.6 Å². The van der Waals surface area contributed by atoms with Crippen molar-refractivity contribution in [2.24, 2.45) is 0 Å². The number of amides is 1. The van der Waals surface area contributed by atoms with Crippen molar-refractivity contribution in [1.82, 2.24) is 5.16 Å². The maximum atomic E-state index is 13.8. The van der Waals surface area contributed by atoms with Crippen LogP contribution in [-0.2, 0) is 11.2 Å². The number of hydrogen-bond donors (Lipinski definition) is 1. The Labute approximate surface area is 152 Å². The van der Waals surface area contributed by atoms with Gasteiger partial charge >= 0.3 is 0 Å². The quantitative estimate of drug-likeness (QED) is 0.758. The minimum absolute atomic E-state index is 0.0687. The Bertz CT molecular complexity index is 1000. The second kappa shape index (κ2) is 7.06. The number of nitrogens with one attached hydrogen (secondary N) is 1. The van der Waals surface area contributed by atoms with Crippen molar-refractivity contribution in [2.75, 3.05) is 18.5 Å². The fourth-order valence-corrected chi connectivity index (χ4v) is 2.70. The van der Waals surface area contributed by atoms with Crippen molar-refractivity contribution < 1.29 is 27.6 Å². The number of aromatic nitrogens is 1. The largest absolute Gasteiger partial charge is 0.486 e. The van der Waals surface area contributed by atoms with Crippen LogP contribution in [0.4, 0.5) is 14.5 Å². The second-order valence-electron chi connectivity index (χ2n) is 5.89. The zero-order valence-electron chi connectivity index (χ0n) is 14.0. The van der Waals surface area contributed by atoms with E-state index < -0.39 is 11.6 Å². The first-order valence-electron chi connectivity index (χ1n) is 8.19. The smallest absolute Gasteiger partial charge is 0.230 e. The molecule has 0 aliphatic carbocycles. The summed E-state index contributed by atoms with van der Waals surface area (Å²) in [7, 11) is 0. The summed E-state index contributed by atoms with van der Waals surface area (Å²) in [5, 5.41) is 6.50. The molecule has 27 heavy (non-hydrogen) atoms. The standard InChI is InChI=1S/C19H14F2N2O4/c20-11-1-3-14(15(21)7-11)17-9-13(23-27-17)10-19(24)22-12-2-4-16-18(8-12)26-6-5-25-16/h1-4,7-9H,5-6,10H2,(H,22,24). The molecule has 138 valence electrons. The summed E-state index contributed by atoms with van der Waals surface area (Å²) < 4.78 is 42.8. The van der Waals surface area contributed by atoms with E-state index in [1.807, 2.05) is 0 Å². The lowest BCUT2D eigenvalue weighted by Gasteiger charge is -2.18. The summed E-state index contributed by atoms with van der Waals surface area (Å²) in [6.07, 6.45) is -0.0687. The Morgan fingerprint density at radius 1 is 1.04 bits per heavy atom. The molecule has 2 aromatic carbocycles. The van der Waals surface area contributed by atoms with Crippen LogP contribution in [0.1, 0.15) is 5.69 Å². The highest BCUT2D eigenvalue weighted by Gasteiger charge is 2.16. The number of fused-ring (bicyclic) bond motifs is 1. The van der Waals surface area contributed by atoms with Gasteiger partial charge in [-0.05, 0) is 24.3 Å². The van der Waals surface area contributed by atoms with Crippen LogP contribution in [0.5, 0.6) is 11.5 Å². The Hall–Kier alpha value is -3.42. The first kappa shape index (κ1) is 17.0. The highest BCUT2D eigenvalue weighted by atomic mass is 19.1. The summed E-state index contributed by atoms with van der Waals surface area (Å²) in [5.74, 6) is -0.467. The number of ether oxygens (including phenoxy) is 2. The Morgan fingerprint density at radius 2 is 1.85 bits per heavy atom. The molecule has 0 spiro atoms. The minimum atomic E-state index is -0.765. The van der Waals surface area contributed by atoms with E-state index in [9.17, 15) is 13.6 Å². The van der Waals surface area contributed by atoms with E-state index in [0.29, 0.717) is 36.1 Å². The Balaban J connectivity index is 1.44. The van der Waals surface area contributed by atoms with Gasteiger partial charge in [0.2, 0.25) is 5.91 Å². The lowest BCUT2D eigenvalue weighted by atomic mass is 10.1. The normalized spacial score (nSPS) is 12.7. The van der Waals surface area contributed by atoms with Gasteiger partial charge in [-0.2, -0.15) is 0 Å².